The Morgan fingerprint density at radius 1 is 1.22 bits per heavy atom. The molecule has 5 heterocycles. The van der Waals surface area contributed by atoms with Crippen LogP contribution in [0.3, 0.4) is 0 Å². The molecule has 1 aliphatic carbocycles. The number of nitrogens with one attached hydrogen (secondary N) is 1. The minimum absolute atomic E-state index is 0.0511. The molecule has 2 aliphatic rings. The molecule has 1 N–H and O–H groups in total. The summed E-state index contributed by atoms with van der Waals surface area (Å²) in [6, 6.07) is 4.53. The van der Waals surface area contributed by atoms with Crippen molar-refractivity contribution in [2.24, 2.45) is 5.92 Å². The van der Waals surface area contributed by atoms with Gasteiger partial charge in [-0.25, -0.2) is 14.5 Å². The van der Waals surface area contributed by atoms with Crippen molar-refractivity contribution in [1.82, 2.24) is 29.4 Å². The molecular weight excluding hydrogens is 474 g/mol. The first-order valence-corrected chi connectivity index (χ1v) is 13.3. The molecule has 1 amide bonds. The van der Waals surface area contributed by atoms with E-state index in [1.54, 1.807) is 35.5 Å². The number of carbonyl (C=O) groups excluding carboxylic acids is 1. The molecule has 4 aromatic heterocycles. The second-order valence-corrected chi connectivity index (χ2v) is 11.0. The van der Waals surface area contributed by atoms with Gasteiger partial charge in [-0.3, -0.25) is 4.79 Å². The molecule has 0 aromatic carbocycles. The van der Waals surface area contributed by atoms with Crippen molar-refractivity contribution in [3.8, 4) is 5.75 Å². The van der Waals surface area contributed by atoms with Gasteiger partial charge in [0.2, 0.25) is 5.91 Å². The highest BCUT2D eigenvalue weighted by molar-refractivity contribution is 7.19. The number of ether oxygens (including phenoxy) is 1. The average molecular weight is 506 g/mol. The van der Waals surface area contributed by atoms with Crippen molar-refractivity contribution in [2.75, 3.05) is 39.6 Å². The van der Waals surface area contributed by atoms with Crippen LogP contribution >= 0.6 is 11.3 Å². The van der Waals surface area contributed by atoms with Gasteiger partial charge in [-0.2, -0.15) is 5.10 Å². The maximum atomic E-state index is 13.4. The van der Waals surface area contributed by atoms with E-state index in [0.717, 1.165) is 72.4 Å². The fourth-order valence-electron chi connectivity index (χ4n) is 5.61. The number of amides is 1. The molecule has 0 saturated carbocycles. The quantitative estimate of drug-likeness (QED) is 0.442. The summed E-state index contributed by atoms with van der Waals surface area (Å²) in [4.78, 5) is 29.1. The molecule has 0 radical (unpaired) electrons. The highest BCUT2D eigenvalue weighted by Crippen LogP contribution is 2.41. The third kappa shape index (κ3) is 4.08. The van der Waals surface area contributed by atoms with E-state index in [9.17, 15) is 4.79 Å². The molecule has 36 heavy (non-hydrogen) atoms. The van der Waals surface area contributed by atoms with Crippen LogP contribution in [0.1, 0.15) is 29.7 Å². The number of aromatic nitrogens is 4. The number of fused-ring (bicyclic) bond motifs is 4. The molecule has 9 nitrogen and oxygen atoms in total. The zero-order valence-corrected chi connectivity index (χ0v) is 21.7. The van der Waals surface area contributed by atoms with Crippen LogP contribution in [-0.2, 0) is 17.6 Å². The molecule has 0 bridgehead atoms. The van der Waals surface area contributed by atoms with E-state index >= 15 is 0 Å². The van der Waals surface area contributed by atoms with Gasteiger partial charge in [0.05, 0.1) is 29.9 Å². The van der Waals surface area contributed by atoms with Crippen LogP contribution < -0.4 is 10.1 Å². The van der Waals surface area contributed by atoms with Gasteiger partial charge in [0.25, 0.3) is 0 Å². The van der Waals surface area contributed by atoms with E-state index in [-0.39, 0.29) is 5.92 Å². The lowest BCUT2D eigenvalue weighted by atomic mass is 9.86. The number of thiophene rings is 1. The van der Waals surface area contributed by atoms with Gasteiger partial charge in [-0.05, 0) is 63.9 Å². The summed E-state index contributed by atoms with van der Waals surface area (Å²) >= 11 is 1.70. The normalized spacial score (nSPS) is 18.7. The number of nitrogens with zero attached hydrogens (tertiary/aromatic N) is 6. The minimum Gasteiger partial charge on any atom is -0.493 e. The number of piperidine rings is 1. The molecule has 1 saturated heterocycles. The number of rotatable bonds is 5. The Balaban J connectivity index is 1.25. The average Bonchev–Trinajstić information content (AvgIpc) is 3.51. The highest BCUT2D eigenvalue weighted by Gasteiger charge is 2.33. The Morgan fingerprint density at radius 2 is 2.06 bits per heavy atom. The van der Waals surface area contributed by atoms with Crippen molar-refractivity contribution in [2.45, 2.75) is 38.1 Å². The summed E-state index contributed by atoms with van der Waals surface area (Å²) in [7, 11) is 5.91. The van der Waals surface area contributed by atoms with Gasteiger partial charge in [-0.1, -0.05) is 0 Å². The number of hydrogen-bond donors (Lipinski definition) is 1. The summed E-state index contributed by atoms with van der Waals surface area (Å²) in [5.41, 5.74) is 3.07. The predicted octanol–water partition coefficient (Wildman–Crippen LogP) is 3.75. The van der Waals surface area contributed by atoms with E-state index in [2.05, 4.69) is 44.3 Å². The standard InChI is InChI=1S/C26H31N7O2S/c1-31(2)17-7-10-32(11-8-17)26(34)16-4-5-19-22(12-16)36-25-23(19)24(27-15-28-25)30-20-13-18-6-9-29-33(18)14-21(20)35-3/h6,9,13-17H,4-5,7-8,10-12H2,1-3H3,(H,27,28,30)/t16-/m0/s1. The SMILES string of the molecule is COc1cn2nccc2cc1Nc1ncnc2sc3c(c12)CC[C@H](C(=O)N1CCC(N(C)C)CC1)C3. The minimum atomic E-state index is 0.0511. The Hall–Kier alpha value is -3.24. The number of methoxy groups -OCH3 is 1. The lowest BCUT2D eigenvalue weighted by molar-refractivity contribution is -0.137. The first kappa shape index (κ1) is 23.2. The molecule has 4 aromatic rings. The van der Waals surface area contributed by atoms with Crippen LogP contribution in [0.15, 0.2) is 30.9 Å². The van der Waals surface area contributed by atoms with Crippen LogP contribution in [0.5, 0.6) is 5.75 Å². The van der Waals surface area contributed by atoms with Crippen molar-refractivity contribution >= 4 is 44.5 Å². The lowest BCUT2D eigenvalue weighted by Crippen LogP contribution is -2.47. The molecule has 1 atom stereocenters. The second kappa shape index (κ2) is 9.33. The monoisotopic (exact) mass is 505 g/mol. The number of pyridine rings is 1. The summed E-state index contributed by atoms with van der Waals surface area (Å²) < 4.78 is 7.39. The second-order valence-electron chi connectivity index (χ2n) is 9.95. The van der Waals surface area contributed by atoms with Crippen molar-refractivity contribution in [1.29, 1.82) is 0 Å². The number of aryl methyl sites for hydroxylation is 1. The maximum Gasteiger partial charge on any atom is 0.226 e. The van der Waals surface area contributed by atoms with Gasteiger partial charge in [0, 0.05) is 36.1 Å². The summed E-state index contributed by atoms with van der Waals surface area (Å²) in [5, 5.41) is 8.85. The third-order valence-corrected chi connectivity index (χ3v) is 8.83. The summed E-state index contributed by atoms with van der Waals surface area (Å²) in [5.74, 6) is 1.83. The molecule has 1 fully saturated rings. The number of anilines is 2. The Kier molecular flexibility index (Phi) is 6.00. The lowest BCUT2D eigenvalue weighted by Gasteiger charge is -2.37. The zero-order valence-electron chi connectivity index (χ0n) is 20.9. The van der Waals surface area contributed by atoms with Crippen LogP contribution in [0.4, 0.5) is 11.5 Å². The fraction of sp³-hybridized carbons (Fsp3) is 0.462. The number of hydrogen-bond acceptors (Lipinski definition) is 8. The number of carbonyl (C=O) groups is 1. The van der Waals surface area contributed by atoms with Gasteiger partial charge in [0.15, 0.2) is 5.75 Å². The predicted molar refractivity (Wildman–Crippen MR) is 141 cm³/mol. The fourth-order valence-corrected chi connectivity index (χ4v) is 6.88. The van der Waals surface area contributed by atoms with E-state index < -0.39 is 0 Å². The number of likely N-dealkylation sites (tertiary alicyclic amines) is 1. The highest BCUT2D eigenvalue weighted by atomic mass is 32.1. The molecule has 0 spiro atoms. The van der Waals surface area contributed by atoms with E-state index in [0.29, 0.717) is 17.7 Å². The molecule has 0 unspecified atom stereocenters. The van der Waals surface area contributed by atoms with Crippen LogP contribution in [-0.4, -0.2) is 75.6 Å². The van der Waals surface area contributed by atoms with Gasteiger partial charge < -0.3 is 19.9 Å². The van der Waals surface area contributed by atoms with Crippen LogP contribution in [0.2, 0.25) is 0 Å². The van der Waals surface area contributed by atoms with Crippen LogP contribution in [0.25, 0.3) is 15.7 Å². The molecule has 6 rings (SSSR count). The Morgan fingerprint density at radius 3 is 2.83 bits per heavy atom. The Bertz CT molecular complexity index is 1420. The third-order valence-electron chi connectivity index (χ3n) is 7.67. The van der Waals surface area contributed by atoms with E-state index in [4.69, 9.17) is 4.74 Å². The smallest absolute Gasteiger partial charge is 0.226 e. The van der Waals surface area contributed by atoms with E-state index in [1.807, 2.05) is 18.3 Å². The largest absolute Gasteiger partial charge is 0.493 e. The maximum absolute atomic E-state index is 13.4. The van der Waals surface area contributed by atoms with Crippen molar-refractivity contribution < 1.29 is 9.53 Å². The molecule has 188 valence electrons. The topological polar surface area (TPSA) is 87.9 Å². The van der Waals surface area contributed by atoms with Crippen molar-refractivity contribution in [3.63, 3.8) is 0 Å². The van der Waals surface area contributed by atoms with Gasteiger partial charge in [0.1, 0.15) is 17.0 Å². The zero-order chi connectivity index (χ0) is 24.8. The summed E-state index contributed by atoms with van der Waals surface area (Å²) in [6.45, 7) is 1.72. The first-order valence-electron chi connectivity index (χ1n) is 12.5. The first-order chi connectivity index (χ1) is 17.5. The van der Waals surface area contributed by atoms with Gasteiger partial charge in [-0.15, -0.1) is 11.3 Å². The molecule has 1 aliphatic heterocycles. The van der Waals surface area contributed by atoms with Crippen molar-refractivity contribution in [3.05, 3.63) is 41.3 Å². The van der Waals surface area contributed by atoms with E-state index in [1.165, 1.54) is 10.4 Å². The summed E-state index contributed by atoms with van der Waals surface area (Å²) in [6.07, 6.45) is 9.85. The molecule has 10 heteroatoms. The Labute approximate surface area is 214 Å². The van der Waals surface area contributed by atoms with Gasteiger partial charge >= 0.3 is 0 Å². The molecular formula is C26H31N7O2S. The van der Waals surface area contributed by atoms with Crippen LogP contribution in [0, 0.1) is 5.92 Å².